The second-order valence-electron chi connectivity index (χ2n) is 7.44. The lowest BCUT2D eigenvalue weighted by Crippen LogP contribution is -2.46. The molecule has 3 heterocycles. The van der Waals surface area contributed by atoms with Crippen molar-refractivity contribution < 1.29 is 19.2 Å². The Morgan fingerprint density at radius 1 is 1.33 bits per heavy atom. The number of aromatic nitrogens is 3. The smallest absolute Gasteiger partial charge is 0.243 e. The van der Waals surface area contributed by atoms with Crippen molar-refractivity contribution >= 4 is 11.8 Å². The van der Waals surface area contributed by atoms with E-state index in [1.54, 1.807) is 25.5 Å². The van der Waals surface area contributed by atoms with Crippen LogP contribution in [0.3, 0.4) is 0 Å². The second-order valence-corrected chi connectivity index (χ2v) is 7.44. The lowest BCUT2D eigenvalue weighted by Gasteiger charge is -2.23. The van der Waals surface area contributed by atoms with Gasteiger partial charge in [-0.2, -0.15) is 0 Å². The zero-order valence-corrected chi connectivity index (χ0v) is 16.5. The van der Waals surface area contributed by atoms with Gasteiger partial charge in [-0.15, -0.1) is 0 Å². The number of rotatable bonds is 6. The maximum Gasteiger partial charge on any atom is 0.243 e. The summed E-state index contributed by atoms with van der Waals surface area (Å²) in [5.74, 6) is -0.117. The zero-order valence-electron chi connectivity index (χ0n) is 16.5. The number of aliphatic hydroxyl groups is 1. The van der Waals surface area contributed by atoms with Gasteiger partial charge < -0.3 is 24.8 Å². The summed E-state index contributed by atoms with van der Waals surface area (Å²) in [6.45, 7) is 2.23. The summed E-state index contributed by atoms with van der Waals surface area (Å²) >= 11 is 0. The number of benzene rings is 1. The zero-order chi connectivity index (χ0) is 21.1. The average Bonchev–Trinajstić information content (AvgIpc) is 3.48. The largest absolute Gasteiger partial charge is 0.391 e. The topological polar surface area (TPSA) is 124 Å². The molecule has 0 bridgehead atoms. The van der Waals surface area contributed by atoms with E-state index in [2.05, 4.69) is 20.4 Å². The van der Waals surface area contributed by atoms with Crippen molar-refractivity contribution in [2.45, 2.75) is 38.5 Å². The van der Waals surface area contributed by atoms with Crippen LogP contribution in [0.2, 0.25) is 0 Å². The van der Waals surface area contributed by atoms with Crippen LogP contribution in [-0.2, 0) is 22.6 Å². The molecule has 3 N–H and O–H groups in total. The van der Waals surface area contributed by atoms with Crippen molar-refractivity contribution in [3.63, 3.8) is 0 Å². The van der Waals surface area contributed by atoms with Crippen molar-refractivity contribution in [1.82, 2.24) is 25.3 Å². The van der Waals surface area contributed by atoms with E-state index in [-0.39, 0.29) is 31.2 Å². The lowest BCUT2D eigenvalue weighted by atomic mass is 10.1. The molecule has 0 spiro atoms. The van der Waals surface area contributed by atoms with Crippen LogP contribution in [0.1, 0.15) is 23.4 Å². The van der Waals surface area contributed by atoms with E-state index in [4.69, 9.17) is 4.52 Å². The van der Waals surface area contributed by atoms with Crippen LogP contribution in [0.25, 0.3) is 11.3 Å². The fraction of sp³-hybridized carbons (Fsp3) is 0.333. The van der Waals surface area contributed by atoms with Gasteiger partial charge in [-0.3, -0.25) is 9.59 Å². The van der Waals surface area contributed by atoms with Gasteiger partial charge in [0.25, 0.3) is 0 Å². The predicted octanol–water partition coefficient (Wildman–Crippen LogP) is 1.19. The quantitative estimate of drug-likeness (QED) is 0.562. The summed E-state index contributed by atoms with van der Waals surface area (Å²) in [7, 11) is 0. The SMILES string of the molecule is Cc1cc(CC(=O)N2CC(O)C[C@H]2C(=O)NCc2ccc(-c3cnc[nH]3)cc2)on1. The van der Waals surface area contributed by atoms with Crippen molar-refractivity contribution in [3.8, 4) is 11.3 Å². The number of carbonyl (C=O) groups is 2. The van der Waals surface area contributed by atoms with Gasteiger partial charge in [-0.05, 0) is 18.1 Å². The third-order valence-electron chi connectivity index (χ3n) is 5.13. The first-order chi connectivity index (χ1) is 14.5. The van der Waals surface area contributed by atoms with Gasteiger partial charge >= 0.3 is 0 Å². The van der Waals surface area contributed by atoms with Crippen LogP contribution >= 0.6 is 0 Å². The van der Waals surface area contributed by atoms with Gasteiger partial charge in [0.05, 0.1) is 36.4 Å². The molecular formula is C21H23N5O4. The van der Waals surface area contributed by atoms with Crippen molar-refractivity contribution in [2.24, 2.45) is 0 Å². The number of imidazole rings is 1. The van der Waals surface area contributed by atoms with Crippen molar-refractivity contribution in [1.29, 1.82) is 0 Å². The van der Waals surface area contributed by atoms with E-state index < -0.39 is 12.1 Å². The Labute approximate surface area is 173 Å². The predicted molar refractivity (Wildman–Crippen MR) is 107 cm³/mol. The molecular weight excluding hydrogens is 386 g/mol. The number of likely N-dealkylation sites (tertiary alicyclic amines) is 1. The van der Waals surface area contributed by atoms with E-state index in [1.807, 2.05) is 24.3 Å². The first-order valence-corrected chi connectivity index (χ1v) is 9.74. The Balaban J connectivity index is 1.36. The number of aryl methyl sites for hydroxylation is 1. The molecule has 0 saturated carbocycles. The third-order valence-corrected chi connectivity index (χ3v) is 5.13. The standard InChI is InChI=1S/C21H23N5O4/c1-13-6-17(30-25-13)8-20(28)26-11-16(27)7-19(26)21(29)23-9-14-2-4-15(5-3-14)18-10-22-12-24-18/h2-6,10,12,16,19,27H,7-9,11H2,1H3,(H,22,24)(H,23,29)/t16?,19-/m0/s1. The molecule has 30 heavy (non-hydrogen) atoms. The summed E-state index contributed by atoms with van der Waals surface area (Å²) in [5.41, 5.74) is 3.54. The van der Waals surface area contributed by atoms with E-state index in [0.717, 1.165) is 16.8 Å². The number of aromatic amines is 1. The Bertz CT molecular complexity index is 1010. The molecule has 1 aliphatic rings. The molecule has 1 saturated heterocycles. The number of β-amino-alcohol motifs (C(OH)–C–C–N with tert-alkyl or cyclic N) is 1. The number of hydrogen-bond acceptors (Lipinski definition) is 6. The highest BCUT2D eigenvalue weighted by molar-refractivity contribution is 5.89. The number of nitrogens with zero attached hydrogens (tertiary/aromatic N) is 3. The molecule has 4 rings (SSSR count). The Morgan fingerprint density at radius 3 is 2.80 bits per heavy atom. The van der Waals surface area contributed by atoms with Crippen LogP contribution in [0.4, 0.5) is 0 Å². The summed E-state index contributed by atoms with van der Waals surface area (Å²) in [6.07, 6.45) is 2.86. The maximum atomic E-state index is 12.7. The molecule has 3 aromatic rings. The minimum Gasteiger partial charge on any atom is -0.391 e. The van der Waals surface area contributed by atoms with Crippen LogP contribution in [0.15, 0.2) is 47.4 Å². The Morgan fingerprint density at radius 2 is 2.13 bits per heavy atom. The van der Waals surface area contributed by atoms with E-state index in [1.165, 1.54) is 4.90 Å². The number of aliphatic hydroxyl groups excluding tert-OH is 1. The number of nitrogens with one attached hydrogen (secondary N) is 2. The third kappa shape index (κ3) is 4.41. The Kier molecular flexibility index (Phi) is 5.62. The molecule has 156 valence electrons. The summed E-state index contributed by atoms with van der Waals surface area (Å²) in [6, 6.07) is 8.73. The monoisotopic (exact) mass is 409 g/mol. The molecule has 2 atom stereocenters. The molecule has 2 amide bonds. The highest BCUT2D eigenvalue weighted by atomic mass is 16.5. The molecule has 1 aliphatic heterocycles. The minimum atomic E-state index is -0.727. The van der Waals surface area contributed by atoms with Gasteiger partial charge in [0.2, 0.25) is 11.8 Å². The molecule has 1 fully saturated rings. The summed E-state index contributed by atoms with van der Waals surface area (Å²) in [4.78, 5) is 33.8. The van der Waals surface area contributed by atoms with Crippen LogP contribution in [-0.4, -0.2) is 55.6 Å². The first kappa shape index (κ1) is 19.8. The van der Waals surface area contributed by atoms with E-state index >= 15 is 0 Å². The number of H-pyrrole nitrogens is 1. The van der Waals surface area contributed by atoms with Crippen LogP contribution < -0.4 is 5.32 Å². The van der Waals surface area contributed by atoms with E-state index in [0.29, 0.717) is 18.0 Å². The molecule has 2 aromatic heterocycles. The highest BCUT2D eigenvalue weighted by Gasteiger charge is 2.38. The van der Waals surface area contributed by atoms with Gasteiger partial charge in [0.15, 0.2) is 0 Å². The lowest BCUT2D eigenvalue weighted by molar-refractivity contribution is -0.138. The normalized spacial score (nSPS) is 18.5. The summed E-state index contributed by atoms with van der Waals surface area (Å²) in [5, 5.41) is 16.7. The number of carbonyl (C=O) groups excluding carboxylic acids is 2. The van der Waals surface area contributed by atoms with Crippen LogP contribution in [0, 0.1) is 6.92 Å². The van der Waals surface area contributed by atoms with Gasteiger partial charge in [-0.1, -0.05) is 29.4 Å². The second kappa shape index (κ2) is 8.50. The van der Waals surface area contributed by atoms with Gasteiger partial charge in [0, 0.05) is 25.6 Å². The van der Waals surface area contributed by atoms with E-state index in [9.17, 15) is 14.7 Å². The van der Waals surface area contributed by atoms with Crippen molar-refractivity contribution in [3.05, 3.63) is 59.9 Å². The number of amides is 2. The summed E-state index contributed by atoms with van der Waals surface area (Å²) < 4.78 is 5.09. The maximum absolute atomic E-state index is 12.7. The number of hydrogen-bond donors (Lipinski definition) is 3. The average molecular weight is 409 g/mol. The molecule has 0 radical (unpaired) electrons. The Hall–Kier alpha value is -3.46. The molecule has 9 heteroatoms. The minimum absolute atomic E-state index is 0.00635. The fourth-order valence-corrected chi connectivity index (χ4v) is 3.61. The molecule has 1 unspecified atom stereocenters. The molecule has 9 nitrogen and oxygen atoms in total. The fourth-order valence-electron chi connectivity index (χ4n) is 3.61. The molecule has 0 aliphatic carbocycles. The molecule has 1 aromatic carbocycles. The van der Waals surface area contributed by atoms with Gasteiger partial charge in [-0.25, -0.2) is 4.98 Å². The van der Waals surface area contributed by atoms with Crippen molar-refractivity contribution in [2.75, 3.05) is 6.54 Å². The van der Waals surface area contributed by atoms with Gasteiger partial charge in [0.1, 0.15) is 11.8 Å². The van der Waals surface area contributed by atoms with Crippen LogP contribution in [0.5, 0.6) is 0 Å². The first-order valence-electron chi connectivity index (χ1n) is 9.74. The highest BCUT2D eigenvalue weighted by Crippen LogP contribution is 2.21.